The van der Waals surface area contributed by atoms with E-state index in [9.17, 15) is 0 Å². The Labute approximate surface area is 412 Å². The fourth-order valence-corrected chi connectivity index (χ4v) is 9.90. The van der Waals surface area contributed by atoms with Crippen LogP contribution in [0.2, 0.25) is 0 Å². The van der Waals surface area contributed by atoms with Crippen LogP contribution in [0.4, 0.5) is 0 Å². The van der Waals surface area contributed by atoms with E-state index >= 15 is 0 Å². The number of rotatable bonds is 9. The highest BCUT2D eigenvalue weighted by Gasteiger charge is 2.16. The minimum Gasteiger partial charge on any atom is -0.456 e. The lowest BCUT2D eigenvalue weighted by Gasteiger charge is -2.14. The normalized spacial score (nSPS) is 11.4. The number of fused-ring (bicyclic) bond motifs is 4. The van der Waals surface area contributed by atoms with Gasteiger partial charge in [-0.3, -0.25) is 0 Å². The van der Waals surface area contributed by atoms with Crippen LogP contribution in [0.25, 0.3) is 133 Å². The molecule has 0 aliphatic heterocycles. The van der Waals surface area contributed by atoms with Crippen molar-refractivity contribution in [3.63, 3.8) is 0 Å². The van der Waals surface area contributed by atoms with Gasteiger partial charge >= 0.3 is 0 Å². The van der Waals surface area contributed by atoms with Gasteiger partial charge in [-0.1, -0.05) is 200 Å². The Morgan fingerprint density at radius 2 is 0.634 bits per heavy atom. The van der Waals surface area contributed by atoms with Crippen LogP contribution < -0.4 is 0 Å². The molecule has 332 valence electrons. The summed E-state index contributed by atoms with van der Waals surface area (Å²) in [6, 6.07) is 95.0. The highest BCUT2D eigenvalue weighted by Crippen LogP contribution is 2.39. The second-order valence-electron chi connectivity index (χ2n) is 18.2. The van der Waals surface area contributed by atoms with Gasteiger partial charge in [0.25, 0.3) is 0 Å². The maximum Gasteiger partial charge on any atom is 0.160 e. The second-order valence-corrected chi connectivity index (χ2v) is 18.2. The van der Waals surface area contributed by atoms with Crippen LogP contribution in [0.15, 0.2) is 271 Å². The molecular weight excluding hydrogens is 861 g/mol. The van der Waals surface area contributed by atoms with Crippen molar-refractivity contribution in [1.82, 2.24) is 9.97 Å². The lowest BCUT2D eigenvalue weighted by molar-refractivity contribution is 0.669. The quantitative estimate of drug-likeness (QED) is 0.145. The zero-order valence-electron chi connectivity index (χ0n) is 38.7. The van der Waals surface area contributed by atoms with Crippen molar-refractivity contribution >= 4 is 32.7 Å². The molecule has 13 rings (SSSR count). The summed E-state index contributed by atoms with van der Waals surface area (Å²) in [5, 5.41) is 4.57. The molecule has 0 unspecified atom stereocenters. The third-order valence-corrected chi connectivity index (χ3v) is 13.7. The van der Waals surface area contributed by atoms with Gasteiger partial charge in [0.2, 0.25) is 0 Å². The fourth-order valence-electron chi connectivity index (χ4n) is 9.90. The van der Waals surface area contributed by atoms with Gasteiger partial charge in [-0.25, -0.2) is 9.97 Å². The first-order valence-corrected chi connectivity index (χ1v) is 24.1. The maximum atomic E-state index is 6.50. The van der Waals surface area contributed by atoms with Crippen molar-refractivity contribution in [3.8, 4) is 101 Å². The summed E-state index contributed by atoms with van der Waals surface area (Å²) < 4.78 is 6.50. The van der Waals surface area contributed by atoms with Crippen molar-refractivity contribution in [2.45, 2.75) is 0 Å². The Kier molecular flexibility index (Phi) is 10.5. The van der Waals surface area contributed by atoms with Crippen LogP contribution in [0.3, 0.4) is 0 Å². The third kappa shape index (κ3) is 8.26. The van der Waals surface area contributed by atoms with E-state index in [0.717, 1.165) is 94.5 Å². The van der Waals surface area contributed by atoms with Crippen molar-refractivity contribution < 1.29 is 4.42 Å². The standard InChI is InChI=1S/C68H44N2O/c1-4-13-45(14-5-1)48-23-25-49(26-24-48)59-39-60(41-61(40-59)55-22-12-21-54(37-55)46-15-6-2-7-16-46)50-27-30-52(31-28-50)68-69-64(51-18-8-3-9-19-51)44-65(70-68)58-34-36-66-63(42-58)62-35-33-57(43-67(62)71-66)56-32-29-47-17-10-11-20-53(47)38-56/h1-44H. The molecule has 3 nitrogen and oxygen atoms in total. The average molecular weight is 905 g/mol. The SMILES string of the molecule is c1ccc(-c2ccc(-c3cc(-c4ccc(-c5nc(-c6ccccc6)cc(-c6ccc7oc8cc(-c9ccc%10ccccc%10c9)ccc8c7c6)n5)cc4)cc(-c4cccc(-c5ccccc5)c4)c3)cc2)cc1. The summed E-state index contributed by atoms with van der Waals surface area (Å²) in [4.78, 5) is 10.5. The van der Waals surface area contributed by atoms with Crippen LogP contribution >= 0.6 is 0 Å². The lowest BCUT2D eigenvalue weighted by atomic mass is 9.91. The summed E-state index contributed by atoms with van der Waals surface area (Å²) in [5.41, 5.74) is 20.3. The Hall–Kier alpha value is -9.44. The molecule has 0 aliphatic carbocycles. The summed E-state index contributed by atoms with van der Waals surface area (Å²) in [6.45, 7) is 0. The molecule has 0 N–H and O–H groups in total. The number of benzene rings is 11. The average Bonchev–Trinajstić information content (AvgIpc) is 3.83. The molecule has 0 atom stereocenters. The Morgan fingerprint density at radius 1 is 0.211 bits per heavy atom. The molecule has 11 aromatic carbocycles. The van der Waals surface area contributed by atoms with Gasteiger partial charge in [-0.2, -0.15) is 0 Å². The minimum absolute atomic E-state index is 0.663. The second kappa shape index (κ2) is 17.9. The van der Waals surface area contributed by atoms with E-state index in [-0.39, 0.29) is 0 Å². The first-order chi connectivity index (χ1) is 35.1. The van der Waals surface area contributed by atoms with E-state index in [4.69, 9.17) is 14.4 Å². The highest BCUT2D eigenvalue weighted by atomic mass is 16.3. The van der Waals surface area contributed by atoms with Gasteiger partial charge in [0.1, 0.15) is 11.2 Å². The van der Waals surface area contributed by atoms with Crippen LogP contribution in [0, 0.1) is 0 Å². The van der Waals surface area contributed by atoms with E-state index in [2.05, 4.69) is 261 Å². The zero-order valence-corrected chi connectivity index (χ0v) is 38.7. The molecular formula is C68H44N2O. The molecule has 0 bridgehead atoms. The van der Waals surface area contributed by atoms with Crippen LogP contribution in [0.1, 0.15) is 0 Å². The van der Waals surface area contributed by atoms with E-state index < -0.39 is 0 Å². The van der Waals surface area contributed by atoms with Gasteiger partial charge in [-0.15, -0.1) is 0 Å². The first kappa shape index (κ1) is 41.7. The fraction of sp³-hybridized carbons (Fsp3) is 0. The molecule has 0 saturated carbocycles. The summed E-state index contributed by atoms with van der Waals surface area (Å²) in [5.74, 6) is 0.663. The summed E-state index contributed by atoms with van der Waals surface area (Å²) in [7, 11) is 0. The van der Waals surface area contributed by atoms with E-state index in [1.54, 1.807) is 0 Å². The van der Waals surface area contributed by atoms with E-state index in [0.29, 0.717) is 5.82 Å². The van der Waals surface area contributed by atoms with Crippen molar-refractivity contribution in [3.05, 3.63) is 267 Å². The molecule has 71 heavy (non-hydrogen) atoms. The Bertz CT molecular complexity index is 4070. The first-order valence-electron chi connectivity index (χ1n) is 24.1. The molecule has 0 saturated heterocycles. The Morgan fingerprint density at radius 3 is 1.30 bits per heavy atom. The molecule has 0 aliphatic rings. The Balaban J connectivity index is 0.871. The van der Waals surface area contributed by atoms with Gasteiger partial charge in [0.15, 0.2) is 5.82 Å². The van der Waals surface area contributed by atoms with Gasteiger partial charge in [0.05, 0.1) is 11.4 Å². The lowest BCUT2D eigenvalue weighted by Crippen LogP contribution is -1.96. The summed E-state index contributed by atoms with van der Waals surface area (Å²) >= 11 is 0. The molecule has 2 aromatic heterocycles. The largest absolute Gasteiger partial charge is 0.456 e. The maximum absolute atomic E-state index is 6.50. The smallest absolute Gasteiger partial charge is 0.160 e. The number of furan rings is 1. The van der Waals surface area contributed by atoms with Crippen molar-refractivity contribution in [2.75, 3.05) is 0 Å². The zero-order chi connectivity index (χ0) is 47.1. The molecule has 0 fully saturated rings. The number of hydrogen-bond acceptors (Lipinski definition) is 3. The predicted molar refractivity (Wildman–Crippen MR) is 296 cm³/mol. The van der Waals surface area contributed by atoms with Crippen LogP contribution in [-0.2, 0) is 0 Å². The molecule has 2 heterocycles. The molecule has 3 heteroatoms. The molecule has 13 aromatic rings. The summed E-state index contributed by atoms with van der Waals surface area (Å²) in [6.07, 6.45) is 0. The predicted octanol–water partition coefficient (Wildman–Crippen LogP) is 18.5. The van der Waals surface area contributed by atoms with Gasteiger partial charge < -0.3 is 4.42 Å². The van der Waals surface area contributed by atoms with E-state index in [1.807, 2.05) is 6.07 Å². The third-order valence-electron chi connectivity index (χ3n) is 13.7. The number of aromatic nitrogens is 2. The van der Waals surface area contributed by atoms with Crippen LogP contribution in [0.5, 0.6) is 0 Å². The van der Waals surface area contributed by atoms with Crippen LogP contribution in [-0.4, -0.2) is 9.97 Å². The monoisotopic (exact) mass is 904 g/mol. The van der Waals surface area contributed by atoms with Gasteiger partial charge in [0, 0.05) is 27.5 Å². The highest BCUT2D eigenvalue weighted by molar-refractivity contribution is 6.07. The van der Waals surface area contributed by atoms with E-state index in [1.165, 1.54) is 33.0 Å². The van der Waals surface area contributed by atoms with Crippen molar-refractivity contribution in [1.29, 1.82) is 0 Å². The molecule has 0 spiro atoms. The van der Waals surface area contributed by atoms with Crippen molar-refractivity contribution in [2.24, 2.45) is 0 Å². The number of nitrogens with zero attached hydrogens (tertiary/aromatic N) is 2. The number of hydrogen-bond donors (Lipinski definition) is 0. The van der Waals surface area contributed by atoms with Gasteiger partial charge in [-0.05, 0) is 144 Å². The minimum atomic E-state index is 0.663. The topological polar surface area (TPSA) is 38.9 Å². The molecule has 0 radical (unpaired) electrons. The molecule has 0 amide bonds.